The van der Waals surface area contributed by atoms with Crippen LogP contribution in [0.1, 0.15) is 19.4 Å². The molecule has 1 aromatic carbocycles. The predicted octanol–water partition coefficient (Wildman–Crippen LogP) is 2.92. The maximum Gasteiger partial charge on any atom is 0.123 e. The number of halogens is 2. The summed E-state index contributed by atoms with van der Waals surface area (Å²) >= 11 is 3.33. The van der Waals surface area contributed by atoms with Gasteiger partial charge in [-0.3, -0.25) is 0 Å². The highest BCUT2D eigenvalue weighted by atomic mass is 79.9. The van der Waals surface area contributed by atoms with E-state index in [9.17, 15) is 9.50 Å². The minimum atomic E-state index is -0.627. The summed E-state index contributed by atoms with van der Waals surface area (Å²) in [6, 6.07) is 4.45. The molecule has 1 aromatic rings. The summed E-state index contributed by atoms with van der Waals surface area (Å²) in [6.07, 6.45) is -0.502. The van der Waals surface area contributed by atoms with Gasteiger partial charge in [0.05, 0.1) is 12.2 Å². The van der Waals surface area contributed by atoms with Crippen LogP contribution in [0.5, 0.6) is 0 Å². The van der Waals surface area contributed by atoms with Crippen molar-refractivity contribution in [2.24, 2.45) is 0 Å². The second kappa shape index (κ2) is 6.33. The van der Waals surface area contributed by atoms with Gasteiger partial charge < -0.3 is 9.84 Å². The summed E-state index contributed by atoms with van der Waals surface area (Å²) in [6.45, 7) is 4.24. The van der Waals surface area contributed by atoms with E-state index in [1.54, 1.807) is 13.0 Å². The molecule has 1 rings (SSSR count). The van der Waals surface area contributed by atoms with E-state index in [0.717, 1.165) is 10.0 Å². The Hall–Kier alpha value is -0.450. The Morgan fingerprint density at radius 3 is 2.81 bits per heavy atom. The molecule has 2 nitrogen and oxygen atoms in total. The third-order valence-electron chi connectivity index (χ3n) is 2.41. The number of rotatable bonds is 5. The lowest BCUT2D eigenvalue weighted by molar-refractivity contribution is -0.0208. The summed E-state index contributed by atoms with van der Waals surface area (Å²) < 4.78 is 19.1. The molecule has 2 atom stereocenters. The summed E-state index contributed by atoms with van der Waals surface area (Å²) in [5.41, 5.74) is 0.749. The van der Waals surface area contributed by atoms with Gasteiger partial charge in [0.1, 0.15) is 5.82 Å². The lowest BCUT2D eigenvalue weighted by Crippen LogP contribution is -2.28. The largest absolute Gasteiger partial charge is 0.390 e. The van der Waals surface area contributed by atoms with Gasteiger partial charge in [-0.05, 0) is 37.6 Å². The molecule has 0 radical (unpaired) electrons. The minimum absolute atomic E-state index is 0.250. The molecule has 4 heteroatoms. The van der Waals surface area contributed by atoms with Crippen LogP contribution in [0.3, 0.4) is 0 Å². The Morgan fingerprint density at radius 2 is 2.19 bits per heavy atom. The molecule has 0 fully saturated rings. The zero-order valence-electron chi connectivity index (χ0n) is 9.41. The van der Waals surface area contributed by atoms with Crippen LogP contribution < -0.4 is 0 Å². The molecule has 0 saturated heterocycles. The molecule has 0 heterocycles. The van der Waals surface area contributed by atoms with Gasteiger partial charge in [-0.2, -0.15) is 0 Å². The molecule has 0 spiro atoms. The molecule has 2 unspecified atom stereocenters. The number of ether oxygens (including phenoxy) is 1. The van der Waals surface area contributed by atoms with Gasteiger partial charge >= 0.3 is 0 Å². The summed E-state index contributed by atoms with van der Waals surface area (Å²) in [4.78, 5) is 0. The summed E-state index contributed by atoms with van der Waals surface area (Å²) in [5, 5.41) is 9.85. The Labute approximate surface area is 104 Å². The monoisotopic (exact) mass is 290 g/mol. The van der Waals surface area contributed by atoms with Crippen molar-refractivity contribution in [2.75, 3.05) is 6.61 Å². The first-order chi connectivity index (χ1) is 7.54. The van der Waals surface area contributed by atoms with Gasteiger partial charge in [0, 0.05) is 17.5 Å². The second-order valence-electron chi connectivity index (χ2n) is 3.67. The van der Waals surface area contributed by atoms with Crippen molar-refractivity contribution in [3.05, 3.63) is 34.1 Å². The van der Waals surface area contributed by atoms with Crippen LogP contribution in [0, 0.1) is 5.82 Å². The van der Waals surface area contributed by atoms with Crippen LogP contribution in [-0.2, 0) is 11.2 Å². The van der Waals surface area contributed by atoms with E-state index >= 15 is 0 Å². The minimum Gasteiger partial charge on any atom is -0.390 e. The zero-order valence-corrected chi connectivity index (χ0v) is 11.0. The molecule has 0 amide bonds. The van der Waals surface area contributed by atoms with E-state index in [0.29, 0.717) is 13.0 Å². The van der Waals surface area contributed by atoms with Crippen LogP contribution >= 0.6 is 15.9 Å². The average molecular weight is 291 g/mol. The van der Waals surface area contributed by atoms with E-state index in [-0.39, 0.29) is 11.9 Å². The lowest BCUT2D eigenvalue weighted by Gasteiger charge is -2.19. The molecule has 0 aliphatic rings. The zero-order chi connectivity index (χ0) is 12.1. The quantitative estimate of drug-likeness (QED) is 0.904. The summed E-state index contributed by atoms with van der Waals surface area (Å²) in [7, 11) is 0. The summed E-state index contributed by atoms with van der Waals surface area (Å²) in [5.74, 6) is -0.297. The van der Waals surface area contributed by atoms with Gasteiger partial charge in [-0.25, -0.2) is 4.39 Å². The highest BCUT2D eigenvalue weighted by Gasteiger charge is 2.16. The van der Waals surface area contributed by atoms with Gasteiger partial charge in [0.15, 0.2) is 0 Å². The van der Waals surface area contributed by atoms with Crippen molar-refractivity contribution in [3.63, 3.8) is 0 Å². The first kappa shape index (κ1) is 13.6. The van der Waals surface area contributed by atoms with Crippen LogP contribution in [0.4, 0.5) is 4.39 Å². The third kappa shape index (κ3) is 3.85. The third-order valence-corrected chi connectivity index (χ3v) is 3.18. The van der Waals surface area contributed by atoms with Gasteiger partial charge in [0.25, 0.3) is 0 Å². The first-order valence-corrected chi connectivity index (χ1v) is 6.07. The number of hydrogen-bond acceptors (Lipinski definition) is 2. The molecular formula is C12H16BrFO2. The van der Waals surface area contributed by atoms with Crippen molar-refractivity contribution >= 4 is 15.9 Å². The standard InChI is InChI=1S/C12H16BrFO2/c1-3-16-8(2)12(15)7-9-6-10(14)4-5-11(9)13/h4-6,8,12,15H,3,7H2,1-2H3. The van der Waals surface area contributed by atoms with E-state index in [2.05, 4.69) is 15.9 Å². The fourth-order valence-electron chi connectivity index (χ4n) is 1.46. The molecule has 0 aromatic heterocycles. The topological polar surface area (TPSA) is 29.5 Å². The van der Waals surface area contributed by atoms with Crippen LogP contribution in [-0.4, -0.2) is 23.9 Å². The number of benzene rings is 1. The lowest BCUT2D eigenvalue weighted by atomic mass is 10.0. The number of aliphatic hydroxyl groups excluding tert-OH is 1. The highest BCUT2D eigenvalue weighted by molar-refractivity contribution is 9.10. The van der Waals surface area contributed by atoms with E-state index in [1.807, 2.05) is 6.92 Å². The van der Waals surface area contributed by atoms with Crippen molar-refractivity contribution in [3.8, 4) is 0 Å². The molecule has 0 bridgehead atoms. The van der Waals surface area contributed by atoms with E-state index in [4.69, 9.17) is 4.74 Å². The van der Waals surface area contributed by atoms with Crippen molar-refractivity contribution < 1.29 is 14.2 Å². The highest BCUT2D eigenvalue weighted by Crippen LogP contribution is 2.20. The van der Waals surface area contributed by atoms with Crippen LogP contribution in [0.15, 0.2) is 22.7 Å². The normalized spacial score (nSPS) is 14.8. The Bertz CT molecular complexity index is 344. The van der Waals surface area contributed by atoms with Gasteiger partial charge in [0.2, 0.25) is 0 Å². The average Bonchev–Trinajstić information content (AvgIpc) is 2.23. The molecule has 90 valence electrons. The van der Waals surface area contributed by atoms with Crippen LogP contribution in [0.2, 0.25) is 0 Å². The molecule has 16 heavy (non-hydrogen) atoms. The molecule has 0 saturated carbocycles. The molecular weight excluding hydrogens is 275 g/mol. The Kier molecular flexibility index (Phi) is 5.38. The van der Waals surface area contributed by atoms with Crippen LogP contribution in [0.25, 0.3) is 0 Å². The number of aliphatic hydroxyl groups is 1. The van der Waals surface area contributed by atoms with Gasteiger partial charge in [-0.1, -0.05) is 15.9 Å². The Balaban J connectivity index is 2.68. The van der Waals surface area contributed by atoms with Gasteiger partial charge in [-0.15, -0.1) is 0 Å². The van der Waals surface area contributed by atoms with E-state index < -0.39 is 6.10 Å². The predicted molar refractivity (Wildman–Crippen MR) is 64.9 cm³/mol. The fourth-order valence-corrected chi connectivity index (χ4v) is 1.87. The maximum absolute atomic E-state index is 13.0. The Morgan fingerprint density at radius 1 is 1.50 bits per heavy atom. The first-order valence-electron chi connectivity index (χ1n) is 5.28. The fraction of sp³-hybridized carbons (Fsp3) is 0.500. The molecule has 1 N–H and O–H groups in total. The SMILES string of the molecule is CCOC(C)C(O)Cc1cc(F)ccc1Br. The van der Waals surface area contributed by atoms with E-state index in [1.165, 1.54) is 12.1 Å². The van der Waals surface area contributed by atoms with Crippen molar-refractivity contribution in [1.29, 1.82) is 0 Å². The smallest absolute Gasteiger partial charge is 0.123 e. The second-order valence-corrected chi connectivity index (χ2v) is 4.52. The van der Waals surface area contributed by atoms with Crippen molar-refractivity contribution in [2.45, 2.75) is 32.5 Å². The molecule has 0 aliphatic heterocycles. The number of hydrogen-bond donors (Lipinski definition) is 1. The molecule has 0 aliphatic carbocycles. The maximum atomic E-state index is 13.0. The van der Waals surface area contributed by atoms with Crippen molar-refractivity contribution in [1.82, 2.24) is 0 Å².